The standard InChI is InChI=1S/C13H24N2O7/c1-9(15-13(18)22-8-6-20-4)11(16)14-10(2)12(17)21-7-5-19-3/h9-10H,5-8H2,1-4H3,(H,14,16)(H,15,18). The molecule has 0 bridgehead atoms. The Kier molecular flexibility index (Phi) is 10.8. The van der Waals surface area contributed by atoms with Crippen LogP contribution in [0.4, 0.5) is 4.79 Å². The van der Waals surface area contributed by atoms with E-state index in [9.17, 15) is 14.4 Å². The number of hydrogen-bond donors (Lipinski definition) is 2. The fourth-order valence-corrected chi connectivity index (χ4v) is 1.25. The third-order valence-corrected chi connectivity index (χ3v) is 2.49. The summed E-state index contributed by atoms with van der Waals surface area (Å²) in [6.07, 6.45) is -0.741. The van der Waals surface area contributed by atoms with Crippen LogP contribution in [0.25, 0.3) is 0 Å². The second kappa shape index (κ2) is 11.8. The minimum absolute atomic E-state index is 0.0822. The summed E-state index contributed by atoms with van der Waals surface area (Å²) in [5.41, 5.74) is 0. The number of esters is 1. The van der Waals surface area contributed by atoms with E-state index in [0.29, 0.717) is 0 Å². The predicted molar refractivity (Wildman–Crippen MR) is 76.3 cm³/mol. The molecule has 0 radical (unpaired) electrons. The van der Waals surface area contributed by atoms with Gasteiger partial charge in [-0.1, -0.05) is 0 Å². The summed E-state index contributed by atoms with van der Waals surface area (Å²) in [5, 5.41) is 4.76. The topological polar surface area (TPSA) is 112 Å². The average Bonchev–Trinajstić information content (AvgIpc) is 2.47. The smallest absolute Gasteiger partial charge is 0.407 e. The van der Waals surface area contributed by atoms with Crippen LogP contribution in [-0.2, 0) is 28.5 Å². The number of alkyl carbamates (subject to hydrolysis) is 1. The normalized spacial score (nSPS) is 12.9. The van der Waals surface area contributed by atoms with Crippen molar-refractivity contribution in [3.8, 4) is 0 Å². The highest BCUT2D eigenvalue weighted by molar-refractivity contribution is 5.89. The lowest BCUT2D eigenvalue weighted by molar-refractivity contribution is -0.148. The Labute approximate surface area is 129 Å². The highest BCUT2D eigenvalue weighted by atomic mass is 16.6. The van der Waals surface area contributed by atoms with Crippen LogP contribution < -0.4 is 10.6 Å². The summed E-state index contributed by atoms with van der Waals surface area (Å²) in [7, 11) is 2.96. The molecule has 2 amide bonds. The minimum Gasteiger partial charge on any atom is -0.462 e. The number of rotatable bonds is 10. The first-order valence-corrected chi connectivity index (χ1v) is 6.80. The van der Waals surface area contributed by atoms with Gasteiger partial charge in [-0.3, -0.25) is 4.79 Å². The van der Waals surface area contributed by atoms with Crippen LogP contribution in [0, 0.1) is 0 Å². The lowest BCUT2D eigenvalue weighted by Gasteiger charge is -2.17. The maximum atomic E-state index is 11.8. The lowest BCUT2D eigenvalue weighted by atomic mass is 10.2. The molecule has 0 aromatic rings. The molecule has 9 heteroatoms. The first kappa shape index (κ1) is 20.1. The highest BCUT2D eigenvalue weighted by Gasteiger charge is 2.22. The number of carbonyl (C=O) groups excluding carboxylic acids is 3. The monoisotopic (exact) mass is 320 g/mol. The summed E-state index contributed by atoms with van der Waals surface area (Å²) in [5.74, 6) is -1.11. The first-order chi connectivity index (χ1) is 10.4. The van der Waals surface area contributed by atoms with Gasteiger partial charge in [-0.05, 0) is 13.8 Å². The summed E-state index contributed by atoms with van der Waals surface area (Å²) in [6.45, 7) is 3.68. The third kappa shape index (κ3) is 9.14. The number of amides is 2. The molecule has 9 nitrogen and oxygen atoms in total. The van der Waals surface area contributed by atoms with E-state index in [1.165, 1.54) is 28.1 Å². The largest absolute Gasteiger partial charge is 0.462 e. The Bertz CT molecular complexity index is 362. The molecule has 0 aromatic carbocycles. The molecule has 2 unspecified atom stereocenters. The van der Waals surface area contributed by atoms with Gasteiger partial charge in [0.2, 0.25) is 5.91 Å². The summed E-state index contributed by atoms with van der Waals surface area (Å²) >= 11 is 0. The molecule has 0 aromatic heterocycles. The highest BCUT2D eigenvalue weighted by Crippen LogP contribution is 1.92. The number of nitrogens with one attached hydrogen (secondary N) is 2. The van der Waals surface area contributed by atoms with Gasteiger partial charge < -0.3 is 29.6 Å². The van der Waals surface area contributed by atoms with E-state index in [-0.39, 0.29) is 26.4 Å². The van der Waals surface area contributed by atoms with Crippen molar-refractivity contribution in [1.29, 1.82) is 0 Å². The second-order valence-corrected chi connectivity index (χ2v) is 4.39. The molecule has 0 heterocycles. The Morgan fingerprint density at radius 1 is 0.818 bits per heavy atom. The van der Waals surface area contributed by atoms with E-state index in [4.69, 9.17) is 18.9 Å². The van der Waals surface area contributed by atoms with Crippen molar-refractivity contribution in [3.63, 3.8) is 0 Å². The fourth-order valence-electron chi connectivity index (χ4n) is 1.25. The van der Waals surface area contributed by atoms with Gasteiger partial charge in [0, 0.05) is 14.2 Å². The van der Waals surface area contributed by atoms with Gasteiger partial charge in [-0.2, -0.15) is 0 Å². The van der Waals surface area contributed by atoms with Crippen molar-refractivity contribution >= 4 is 18.0 Å². The van der Waals surface area contributed by atoms with Gasteiger partial charge >= 0.3 is 12.1 Å². The maximum Gasteiger partial charge on any atom is 0.407 e. The molecule has 128 valence electrons. The van der Waals surface area contributed by atoms with E-state index in [1.54, 1.807) is 0 Å². The van der Waals surface area contributed by atoms with Gasteiger partial charge in [0.05, 0.1) is 13.2 Å². The van der Waals surface area contributed by atoms with Gasteiger partial charge in [0.25, 0.3) is 0 Å². The Hall–Kier alpha value is -1.87. The molecule has 0 aliphatic rings. The maximum absolute atomic E-state index is 11.8. The Morgan fingerprint density at radius 2 is 1.36 bits per heavy atom. The fraction of sp³-hybridized carbons (Fsp3) is 0.769. The van der Waals surface area contributed by atoms with Crippen LogP contribution in [0.2, 0.25) is 0 Å². The van der Waals surface area contributed by atoms with Gasteiger partial charge in [-0.15, -0.1) is 0 Å². The van der Waals surface area contributed by atoms with E-state index < -0.39 is 30.1 Å². The van der Waals surface area contributed by atoms with Gasteiger partial charge in [0.15, 0.2) is 0 Å². The van der Waals surface area contributed by atoms with Crippen LogP contribution >= 0.6 is 0 Å². The van der Waals surface area contributed by atoms with Crippen molar-refractivity contribution < 1.29 is 33.3 Å². The van der Waals surface area contributed by atoms with Crippen LogP contribution in [0.1, 0.15) is 13.8 Å². The molecule has 2 atom stereocenters. The molecule has 0 spiro atoms. The van der Waals surface area contributed by atoms with Crippen LogP contribution in [0.5, 0.6) is 0 Å². The molecular formula is C13H24N2O7. The molecule has 0 saturated heterocycles. The minimum atomic E-state index is -0.857. The molecule has 0 saturated carbocycles. The first-order valence-electron chi connectivity index (χ1n) is 6.80. The van der Waals surface area contributed by atoms with E-state index in [1.807, 2.05) is 0 Å². The summed E-state index contributed by atoms with van der Waals surface area (Å²) in [6, 6.07) is -1.69. The Balaban J connectivity index is 4.07. The van der Waals surface area contributed by atoms with Crippen molar-refractivity contribution in [2.24, 2.45) is 0 Å². The molecule has 0 fully saturated rings. The lowest BCUT2D eigenvalue weighted by Crippen LogP contribution is -2.50. The van der Waals surface area contributed by atoms with Crippen LogP contribution in [-0.4, -0.2) is 70.7 Å². The molecule has 0 aliphatic heterocycles. The molecule has 2 N–H and O–H groups in total. The van der Waals surface area contributed by atoms with Crippen molar-refractivity contribution in [3.05, 3.63) is 0 Å². The predicted octanol–water partition coefficient (Wildman–Crippen LogP) is -0.558. The van der Waals surface area contributed by atoms with Gasteiger partial charge in [-0.25, -0.2) is 9.59 Å². The van der Waals surface area contributed by atoms with E-state index >= 15 is 0 Å². The van der Waals surface area contributed by atoms with Crippen molar-refractivity contribution in [1.82, 2.24) is 10.6 Å². The second-order valence-electron chi connectivity index (χ2n) is 4.39. The number of ether oxygens (including phenoxy) is 4. The number of hydrogen-bond acceptors (Lipinski definition) is 7. The number of methoxy groups -OCH3 is 2. The molecular weight excluding hydrogens is 296 g/mol. The zero-order chi connectivity index (χ0) is 17.0. The summed E-state index contributed by atoms with van der Waals surface area (Å²) < 4.78 is 19.1. The van der Waals surface area contributed by atoms with Crippen LogP contribution in [0.15, 0.2) is 0 Å². The third-order valence-electron chi connectivity index (χ3n) is 2.49. The quantitative estimate of drug-likeness (QED) is 0.410. The Morgan fingerprint density at radius 3 is 1.91 bits per heavy atom. The van der Waals surface area contributed by atoms with E-state index in [0.717, 1.165) is 0 Å². The van der Waals surface area contributed by atoms with Crippen molar-refractivity contribution in [2.45, 2.75) is 25.9 Å². The summed E-state index contributed by atoms with van der Waals surface area (Å²) in [4.78, 5) is 34.7. The molecule has 22 heavy (non-hydrogen) atoms. The van der Waals surface area contributed by atoms with Gasteiger partial charge in [0.1, 0.15) is 25.3 Å². The molecule has 0 aliphatic carbocycles. The molecule has 0 rings (SSSR count). The van der Waals surface area contributed by atoms with E-state index in [2.05, 4.69) is 10.6 Å². The number of carbonyl (C=O) groups is 3. The SMILES string of the molecule is COCCOC(=O)NC(C)C(=O)NC(C)C(=O)OCCOC. The zero-order valence-electron chi connectivity index (χ0n) is 13.3. The van der Waals surface area contributed by atoms with Crippen molar-refractivity contribution in [2.75, 3.05) is 40.6 Å². The zero-order valence-corrected chi connectivity index (χ0v) is 13.3. The van der Waals surface area contributed by atoms with Crippen LogP contribution in [0.3, 0.4) is 0 Å². The average molecular weight is 320 g/mol.